The molecule has 2 aliphatic rings. The van der Waals surface area contributed by atoms with Crippen molar-refractivity contribution >= 4 is 11.6 Å². The lowest BCUT2D eigenvalue weighted by Crippen LogP contribution is -2.37. The van der Waals surface area contributed by atoms with Gasteiger partial charge in [-0.3, -0.25) is 0 Å². The van der Waals surface area contributed by atoms with Crippen molar-refractivity contribution in [3.63, 3.8) is 0 Å². The normalized spacial score (nSPS) is 34.3. The summed E-state index contributed by atoms with van der Waals surface area (Å²) in [6.07, 6.45) is 6.45. The topological polar surface area (TPSA) is 12.0 Å². The first kappa shape index (κ1) is 13.5. The molecule has 2 aliphatic carbocycles. The monoisotopic (exact) mass is 277 g/mol. The van der Waals surface area contributed by atoms with Gasteiger partial charge in [-0.15, -0.1) is 0 Å². The average Bonchev–Trinajstić information content (AvgIpc) is 2.76. The van der Waals surface area contributed by atoms with Crippen molar-refractivity contribution in [3.05, 3.63) is 34.3 Å². The zero-order chi connectivity index (χ0) is 13.4. The number of halogens is 1. The summed E-state index contributed by atoms with van der Waals surface area (Å²) in [5.41, 5.74) is 2.93. The highest BCUT2D eigenvalue weighted by Gasteiger charge is 2.29. The highest BCUT2D eigenvalue weighted by Crippen LogP contribution is 2.36. The van der Waals surface area contributed by atoms with Crippen molar-refractivity contribution in [2.24, 2.45) is 11.8 Å². The lowest BCUT2D eigenvalue weighted by Gasteiger charge is -2.34. The molecule has 1 nitrogen and oxygen atoms in total. The van der Waals surface area contributed by atoms with Crippen LogP contribution in [-0.4, -0.2) is 6.04 Å². The van der Waals surface area contributed by atoms with Gasteiger partial charge in [-0.25, -0.2) is 0 Å². The van der Waals surface area contributed by atoms with Gasteiger partial charge in [0, 0.05) is 17.1 Å². The van der Waals surface area contributed by atoms with Gasteiger partial charge in [0.2, 0.25) is 0 Å². The smallest absolute Gasteiger partial charge is 0.0408 e. The van der Waals surface area contributed by atoms with Crippen LogP contribution < -0.4 is 5.32 Å². The Kier molecular flexibility index (Phi) is 3.86. The molecule has 0 bridgehead atoms. The Morgan fingerprint density at radius 2 is 1.95 bits per heavy atom. The molecule has 3 rings (SSSR count). The molecule has 0 aromatic heterocycles. The number of benzene rings is 1. The first-order valence-electron chi connectivity index (χ1n) is 7.68. The summed E-state index contributed by atoms with van der Waals surface area (Å²) in [5, 5.41) is 4.78. The minimum absolute atomic E-state index is 0.554. The number of nitrogens with one attached hydrogen (secondary N) is 1. The van der Waals surface area contributed by atoms with Crippen LogP contribution in [0.4, 0.5) is 0 Å². The van der Waals surface area contributed by atoms with Crippen molar-refractivity contribution in [1.82, 2.24) is 5.32 Å². The maximum atomic E-state index is 6.08. The fourth-order valence-corrected chi connectivity index (χ4v) is 3.94. The molecular weight excluding hydrogens is 254 g/mol. The van der Waals surface area contributed by atoms with Gasteiger partial charge in [-0.05, 0) is 67.2 Å². The van der Waals surface area contributed by atoms with Crippen molar-refractivity contribution in [1.29, 1.82) is 0 Å². The van der Waals surface area contributed by atoms with Crippen LogP contribution in [0.25, 0.3) is 0 Å². The van der Waals surface area contributed by atoms with Crippen LogP contribution in [0.5, 0.6) is 0 Å². The molecule has 0 spiro atoms. The molecule has 1 aromatic rings. The third kappa shape index (κ3) is 2.83. The van der Waals surface area contributed by atoms with Crippen LogP contribution in [0.2, 0.25) is 5.02 Å². The molecule has 4 atom stereocenters. The molecule has 0 saturated heterocycles. The molecule has 104 valence electrons. The molecule has 0 heterocycles. The minimum atomic E-state index is 0.554. The summed E-state index contributed by atoms with van der Waals surface area (Å²) in [4.78, 5) is 0. The van der Waals surface area contributed by atoms with Gasteiger partial charge in [0.1, 0.15) is 0 Å². The fourth-order valence-electron chi connectivity index (χ4n) is 3.74. The lowest BCUT2D eigenvalue weighted by atomic mass is 9.79. The number of hydrogen-bond donors (Lipinski definition) is 1. The summed E-state index contributed by atoms with van der Waals surface area (Å²) in [6, 6.07) is 7.66. The Labute approximate surface area is 121 Å². The fraction of sp³-hybridized carbons (Fsp3) is 0.647. The molecule has 4 unspecified atom stereocenters. The van der Waals surface area contributed by atoms with Gasteiger partial charge in [0.15, 0.2) is 0 Å². The number of fused-ring (bicyclic) bond motifs is 1. The standard InChI is InChI=1S/C17H24ClN/c1-11-3-6-15(9-12(11)2)19-17-8-4-13-10-14(18)5-7-16(13)17/h5,7,10-12,15,17,19H,3-4,6,8-9H2,1-2H3. The van der Waals surface area contributed by atoms with Crippen LogP contribution in [0.1, 0.15) is 56.7 Å². The summed E-state index contributed by atoms with van der Waals surface area (Å²) < 4.78 is 0. The first-order valence-corrected chi connectivity index (χ1v) is 8.05. The second-order valence-electron chi connectivity index (χ2n) is 6.57. The van der Waals surface area contributed by atoms with E-state index in [1.165, 1.54) is 43.2 Å². The van der Waals surface area contributed by atoms with Crippen molar-refractivity contribution in [2.45, 2.75) is 58.0 Å². The Bertz CT molecular complexity index is 457. The number of hydrogen-bond acceptors (Lipinski definition) is 1. The van der Waals surface area contributed by atoms with E-state index in [-0.39, 0.29) is 0 Å². The highest BCUT2D eigenvalue weighted by atomic mass is 35.5. The Morgan fingerprint density at radius 3 is 2.74 bits per heavy atom. The summed E-state index contributed by atoms with van der Waals surface area (Å²) in [7, 11) is 0. The van der Waals surface area contributed by atoms with Gasteiger partial charge < -0.3 is 5.32 Å². The Balaban J connectivity index is 1.66. The van der Waals surface area contributed by atoms with E-state index in [2.05, 4.69) is 31.3 Å². The number of aryl methyl sites for hydroxylation is 1. The van der Waals surface area contributed by atoms with E-state index in [1.807, 2.05) is 6.07 Å². The third-order valence-electron chi connectivity index (χ3n) is 5.22. The average molecular weight is 278 g/mol. The Hall–Kier alpha value is -0.530. The molecule has 19 heavy (non-hydrogen) atoms. The van der Waals surface area contributed by atoms with Crippen LogP contribution >= 0.6 is 11.6 Å². The zero-order valence-electron chi connectivity index (χ0n) is 12.0. The molecule has 0 radical (unpaired) electrons. The van der Waals surface area contributed by atoms with Crippen molar-refractivity contribution in [3.8, 4) is 0 Å². The SMILES string of the molecule is CC1CCC(NC2CCc3cc(Cl)ccc32)CC1C. The van der Waals surface area contributed by atoms with E-state index in [1.54, 1.807) is 0 Å². The van der Waals surface area contributed by atoms with Gasteiger partial charge >= 0.3 is 0 Å². The van der Waals surface area contributed by atoms with E-state index < -0.39 is 0 Å². The summed E-state index contributed by atoms with van der Waals surface area (Å²) >= 11 is 6.08. The second kappa shape index (κ2) is 5.46. The molecule has 1 aromatic carbocycles. The van der Waals surface area contributed by atoms with Crippen molar-refractivity contribution < 1.29 is 0 Å². The molecule has 0 amide bonds. The zero-order valence-corrected chi connectivity index (χ0v) is 12.7. The van der Waals surface area contributed by atoms with Gasteiger partial charge in [-0.1, -0.05) is 31.5 Å². The molecule has 1 fully saturated rings. The van der Waals surface area contributed by atoms with E-state index in [4.69, 9.17) is 11.6 Å². The molecule has 2 heteroatoms. The predicted molar refractivity (Wildman–Crippen MR) is 81.6 cm³/mol. The van der Waals surface area contributed by atoms with Crippen LogP contribution in [0.3, 0.4) is 0 Å². The second-order valence-corrected chi connectivity index (χ2v) is 7.00. The van der Waals surface area contributed by atoms with Crippen LogP contribution in [-0.2, 0) is 6.42 Å². The summed E-state index contributed by atoms with van der Waals surface area (Å²) in [6.45, 7) is 4.80. The first-order chi connectivity index (χ1) is 9.13. The quantitative estimate of drug-likeness (QED) is 0.823. The predicted octanol–water partition coefficient (Wildman–Crippen LogP) is 4.74. The maximum absolute atomic E-state index is 6.08. The van der Waals surface area contributed by atoms with E-state index in [9.17, 15) is 0 Å². The lowest BCUT2D eigenvalue weighted by molar-refractivity contribution is 0.215. The largest absolute Gasteiger partial charge is 0.307 e. The van der Waals surface area contributed by atoms with Crippen molar-refractivity contribution in [2.75, 3.05) is 0 Å². The van der Waals surface area contributed by atoms with Gasteiger partial charge in [0.05, 0.1) is 0 Å². The minimum Gasteiger partial charge on any atom is -0.307 e. The van der Waals surface area contributed by atoms with Gasteiger partial charge in [-0.2, -0.15) is 0 Å². The molecule has 1 saturated carbocycles. The van der Waals surface area contributed by atoms with E-state index in [0.29, 0.717) is 12.1 Å². The molecule has 1 N–H and O–H groups in total. The maximum Gasteiger partial charge on any atom is 0.0408 e. The highest BCUT2D eigenvalue weighted by molar-refractivity contribution is 6.30. The Morgan fingerprint density at radius 1 is 1.11 bits per heavy atom. The number of rotatable bonds is 2. The molecule has 0 aliphatic heterocycles. The summed E-state index contributed by atoms with van der Waals surface area (Å²) in [5.74, 6) is 1.75. The van der Waals surface area contributed by atoms with Crippen LogP contribution in [0, 0.1) is 11.8 Å². The van der Waals surface area contributed by atoms with E-state index in [0.717, 1.165) is 16.9 Å². The van der Waals surface area contributed by atoms with Crippen LogP contribution in [0.15, 0.2) is 18.2 Å². The van der Waals surface area contributed by atoms with Gasteiger partial charge in [0.25, 0.3) is 0 Å². The van der Waals surface area contributed by atoms with E-state index >= 15 is 0 Å². The molecular formula is C17H24ClN. The third-order valence-corrected chi connectivity index (χ3v) is 5.45.